The standard InChI is InChI=1S/C15H22O3/c1-9(2-13(16)14(17)18)15-6-10-3-11(7-15)5-12(4-10)8-15/h2,10-13,16H,3-8H2,1H3,(H,17,18)/b9-2+. The molecule has 0 radical (unpaired) electrons. The van der Waals surface area contributed by atoms with Gasteiger partial charge in [0, 0.05) is 0 Å². The maximum atomic E-state index is 10.8. The molecule has 4 aliphatic rings. The van der Waals surface area contributed by atoms with Crippen LogP contribution in [0.3, 0.4) is 0 Å². The summed E-state index contributed by atoms with van der Waals surface area (Å²) in [5, 5.41) is 18.3. The molecule has 0 aliphatic heterocycles. The minimum Gasteiger partial charge on any atom is -0.479 e. The zero-order valence-electron chi connectivity index (χ0n) is 10.9. The highest BCUT2D eigenvalue weighted by molar-refractivity contribution is 5.74. The number of hydrogen-bond acceptors (Lipinski definition) is 2. The van der Waals surface area contributed by atoms with Gasteiger partial charge in [-0.2, -0.15) is 0 Å². The van der Waals surface area contributed by atoms with Crippen molar-refractivity contribution in [3.63, 3.8) is 0 Å². The van der Waals surface area contributed by atoms with Crippen LogP contribution in [0.25, 0.3) is 0 Å². The molecule has 0 saturated heterocycles. The minimum atomic E-state index is -1.34. The molecule has 4 aliphatic carbocycles. The topological polar surface area (TPSA) is 57.5 Å². The van der Waals surface area contributed by atoms with Crippen molar-refractivity contribution in [3.05, 3.63) is 11.6 Å². The van der Waals surface area contributed by atoms with Crippen molar-refractivity contribution in [2.24, 2.45) is 23.2 Å². The van der Waals surface area contributed by atoms with Gasteiger partial charge in [0.1, 0.15) is 0 Å². The Hall–Kier alpha value is -0.830. The van der Waals surface area contributed by atoms with E-state index in [1.807, 2.05) is 6.92 Å². The van der Waals surface area contributed by atoms with E-state index >= 15 is 0 Å². The van der Waals surface area contributed by atoms with Crippen molar-refractivity contribution < 1.29 is 15.0 Å². The van der Waals surface area contributed by atoms with Gasteiger partial charge < -0.3 is 10.2 Å². The highest BCUT2D eigenvalue weighted by atomic mass is 16.4. The van der Waals surface area contributed by atoms with Crippen molar-refractivity contribution >= 4 is 5.97 Å². The number of hydrogen-bond donors (Lipinski definition) is 2. The molecule has 0 heterocycles. The molecule has 2 N–H and O–H groups in total. The zero-order valence-corrected chi connectivity index (χ0v) is 10.9. The molecule has 0 aromatic heterocycles. The molecule has 18 heavy (non-hydrogen) atoms. The van der Waals surface area contributed by atoms with Crippen LogP contribution in [0, 0.1) is 23.2 Å². The van der Waals surface area contributed by atoms with Crippen LogP contribution in [0.15, 0.2) is 11.6 Å². The van der Waals surface area contributed by atoms with Crippen LogP contribution in [-0.2, 0) is 4.79 Å². The summed E-state index contributed by atoms with van der Waals surface area (Å²) in [4.78, 5) is 10.8. The maximum Gasteiger partial charge on any atom is 0.336 e. The normalized spacial score (nSPS) is 44.1. The van der Waals surface area contributed by atoms with Crippen LogP contribution in [0.5, 0.6) is 0 Å². The van der Waals surface area contributed by atoms with E-state index in [1.54, 1.807) is 6.08 Å². The van der Waals surface area contributed by atoms with Crippen LogP contribution in [0.1, 0.15) is 45.4 Å². The molecule has 100 valence electrons. The Morgan fingerprint density at radius 1 is 1.17 bits per heavy atom. The Balaban J connectivity index is 1.84. The molecule has 3 nitrogen and oxygen atoms in total. The Bertz CT molecular complexity index is 361. The SMILES string of the molecule is C/C(=C\C(O)C(=O)O)C12CC3CC(CC(C3)C1)C2. The van der Waals surface area contributed by atoms with E-state index in [2.05, 4.69) is 0 Å². The van der Waals surface area contributed by atoms with Crippen molar-refractivity contribution in [2.45, 2.75) is 51.6 Å². The van der Waals surface area contributed by atoms with Crippen LogP contribution in [-0.4, -0.2) is 22.3 Å². The number of allylic oxidation sites excluding steroid dienone is 1. The lowest BCUT2D eigenvalue weighted by Crippen LogP contribution is -2.46. The van der Waals surface area contributed by atoms with Crippen LogP contribution >= 0.6 is 0 Å². The molecule has 1 unspecified atom stereocenters. The van der Waals surface area contributed by atoms with Gasteiger partial charge in [0.15, 0.2) is 6.10 Å². The van der Waals surface area contributed by atoms with Gasteiger partial charge in [-0.15, -0.1) is 0 Å². The lowest BCUT2D eigenvalue weighted by molar-refractivity contribution is -0.144. The molecule has 3 heteroatoms. The molecular weight excluding hydrogens is 228 g/mol. The molecule has 0 aromatic carbocycles. The fourth-order valence-electron chi connectivity index (χ4n) is 5.08. The molecule has 1 atom stereocenters. The lowest BCUT2D eigenvalue weighted by Gasteiger charge is -2.57. The van der Waals surface area contributed by atoms with Crippen molar-refractivity contribution in [3.8, 4) is 0 Å². The molecule has 0 amide bonds. The number of carboxylic acids is 1. The monoisotopic (exact) mass is 250 g/mol. The second-order valence-corrected chi connectivity index (χ2v) is 6.83. The molecule has 4 saturated carbocycles. The number of carboxylic acid groups (broad SMARTS) is 1. The fourth-order valence-corrected chi connectivity index (χ4v) is 5.08. The van der Waals surface area contributed by atoms with E-state index in [0.717, 1.165) is 23.3 Å². The Morgan fingerprint density at radius 3 is 2.00 bits per heavy atom. The summed E-state index contributed by atoms with van der Waals surface area (Å²) < 4.78 is 0. The first-order valence-electron chi connectivity index (χ1n) is 7.08. The maximum absolute atomic E-state index is 10.8. The predicted molar refractivity (Wildman–Crippen MR) is 68.0 cm³/mol. The quantitative estimate of drug-likeness (QED) is 0.757. The number of aliphatic hydroxyl groups is 1. The Kier molecular flexibility index (Phi) is 2.77. The third kappa shape index (κ3) is 1.89. The molecule has 0 aromatic rings. The average molecular weight is 250 g/mol. The summed E-state index contributed by atoms with van der Waals surface area (Å²) in [6, 6.07) is 0. The van der Waals surface area contributed by atoms with Gasteiger partial charge in [-0.05, 0) is 74.7 Å². The van der Waals surface area contributed by atoms with Crippen LogP contribution in [0.2, 0.25) is 0 Å². The summed E-state index contributed by atoms with van der Waals surface area (Å²) in [6.07, 6.45) is 8.04. The van der Waals surface area contributed by atoms with Gasteiger partial charge in [-0.25, -0.2) is 4.79 Å². The van der Waals surface area contributed by atoms with Gasteiger partial charge in [0.05, 0.1) is 0 Å². The first-order chi connectivity index (χ1) is 8.48. The van der Waals surface area contributed by atoms with E-state index < -0.39 is 12.1 Å². The number of carbonyl (C=O) groups is 1. The molecular formula is C15H22O3. The van der Waals surface area contributed by atoms with Crippen LogP contribution in [0.4, 0.5) is 0 Å². The first-order valence-corrected chi connectivity index (χ1v) is 7.08. The van der Waals surface area contributed by atoms with E-state index in [1.165, 1.54) is 38.5 Å². The summed E-state index contributed by atoms with van der Waals surface area (Å²) in [5.74, 6) is 1.41. The van der Waals surface area contributed by atoms with Gasteiger partial charge in [-0.3, -0.25) is 0 Å². The highest BCUT2D eigenvalue weighted by Gasteiger charge is 2.51. The second kappa shape index (κ2) is 4.09. The molecule has 0 spiro atoms. The first kappa shape index (κ1) is 12.2. The summed E-state index contributed by atoms with van der Waals surface area (Å²) in [7, 11) is 0. The Labute approximate surface area is 108 Å². The molecule has 4 bridgehead atoms. The van der Waals surface area contributed by atoms with Gasteiger partial charge in [0.2, 0.25) is 0 Å². The summed E-state index contributed by atoms with van der Waals surface area (Å²) >= 11 is 0. The smallest absolute Gasteiger partial charge is 0.336 e. The van der Waals surface area contributed by atoms with E-state index in [0.29, 0.717) is 0 Å². The van der Waals surface area contributed by atoms with Crippen molar-refractivity contribution in [1.29, 1.82) is 0 Å². The molecule has 4 fully saturated rings. The van der Waals surface area contributed by atoms with Crippen molar-refractivity contribution in [1.82, 2.24) is 0 Å². The van der Waals surface area contributed by atoms with Gasteiger partial charge in [-0.1, -0.05) is 5.57 Å². The minimum absolute atomic E-state index is 0.213. The molecule has 4 rings (SSSR count). The zero-order chi connectivity index (χ0) is 12.9. The van der Waals surface area contributed by atoms with E-state index in [9.17, 15) is 9.90 Å². The second-order valence-electron chi connectivity index (χ2n) is 6.83. The summed E-state index contributed by atoms with van der Waals surface area (Å²) in [5.41, 5.74) is 1.34. The predicted octanol–water partition coefficient (Wildman–Crippen LogP) is 2.59. The van der Waals surface area contributed by atoms with E-state index in [4.69, 9.17) is 5.11 Å². The average Bonchev–Trinajstić information content (AvgIpc) is 2.26. The largest absolute Gasteiger partial charge is 0.479 e. The Morgan fingerprint density at radius 2 is 1.61 bits per heavy atom. The van der Waals surface area contributed by atoms with E-state index in [-0.39, 0.29) is 5.41 Å². The third-order valence-electron chi connectivity index (χ3n) is 5.54. The number of rotatable bonds is 3. The van der Waals surface area contributed by atoms with Crippen LogP contribution < -0.4 is 0 Å². The van der Waals surface area contributed by atoms with Crippen molar-refractivity contribution in [2.75, 3.05) is 0 Å². The van der Waals surface area contributed by atoms with Gasteiger partial charge in [0.25, 0.3) is 0 Å². The lowest BCUT2D eigenvalue weighted by atomic mass is 9.48. The van der Waals surface area contributed by atoms with Gasteiger partial charge >= 0.3 is 5.97 Å². The number of aliphatic carboxylic acids is 1. The fraction of sp³-hybridized carbons (Fsp3) is 0.800. The summed E-state index contributed by atoms with van der Waals surface area (Å²) in [6.45, 7) is 2.03. The third-order valence-corrected chi connectivity index (χ3v) is 5.54. The highest BCUT2D eigenvalue weighted by Crippen LogP contribution is 2.62. The number of aliphatic hydroxyl groups excluding tert-OH is 1.